The van der Waals surface area contributed by atoms with E-state index in [2.05, 4.69) is 20.7 Å². The summed E-state index contributed by atoms with van der Waals surface area (Å²) in [6, 6.07) is 3.49. The lowest BCUT2D eigenvalue weighted by molar-refractivity contribution is -0.385. The fourth-order valence-corrected chi connectivity index (χ4v) is 2.35. The number of nitro groups is 1. The number of nitrogens with zero attached hydrogens (tertiary/aromatic N) is 1. The molecule has 1 aromatic carbocycles. The first-order chi connectivity index (χ1) is 6.88. The molecule has 0 aliphatic heterocycles. The molecule has 8 heteroatoms. The van der Waals surface area contributed by atoms with Crippen molar-refractivity contribution in [1.82, 2.24) is 4.72 Å². The van der Waals surface area contributed by atoms with Crippen LogP contribution in [0.2, 0.25) is 0 Å². The number of hydrogen-bond donors (Lipinski definition) is 1. The predicted molar refractivity (Wildman–Crippen MR) is 57.0 cm³/mol. The van der Waals surface area contributed by atoms with Crippen LogP contribution >= 0.6 is 15.9 Å². The molecule has 0 radical (unpaired) electrons. The molecule has 0 aromatic heterocycles. The van der Waals surface area contributed by atoms with Crippen molar-refractivity contribution in [3.63, 3.8) is 0 Å². The van der Waals surface area contributed by atoms with Gasteiger partial charge in [0.05, 0.1) is 14.3 Å². The van der Waals surface area contributed by atoms with Crippen molar-refractivity contribution in [2.45, 2.75) is 4.90 Å². The summed E-state index contributed by atoms with van der Waals surface area (Å²) in [5, 5.41) is 10.5. The molecule has 1 rings (SSSR count). The fourth-order valence-electron chi connectivity index (χ4n) is 0.921. The van der Waals surface area contributed by atoms with Gasteiger partial charge < -0.3 is 0 Å². The monoisotopic (exact) mass is 294 g/mol. The Morgan fingerprint density at radius 3 is 2.47 bits per heavy atom. The molecule has 0 unspecified atom stereocenters. The summed E-state index contributed by atoms with van der Waals surface area (Å²) in [4.78, 5) is 9.84. The molecule has 0 aliphatic rings. The molecule has 15 heavy (non-hydrogen) atoms. The Balaban J connectivity index is 3.30. The van der Waals surface area contributed by atoms with Crippen LogP contribution < -0.4 is 4.72 Å². The first-order valence-corrected chi connectivity index (χ1v) is 6.03. The van der Waals surface area contributed by atoms with Gasteiger partial charge in [-0.1, -0.05) is 0 Å². The molecule has 0 spiro atoms. The normalized spacial score (nSPS) is 11.3. The van der Waals surface area contributed by atoms with Crippen molar-refractivity contribution >= 4 is 31.6 Å². The van der Waals surface area contributed by atoms with Crippen LogP contribution in [0.4, 0.5) is 5.69 Å². The van der Waals surface area contributed by atoms with Gasteiger partial charge >= 0.3 is 0 Å². The lowest BCUT2D eigenvalue weighted by Gasteiger charge is -2.02. The van der Waals surface area contributed by atoms with E-state index < -0.39 is 14.9 Å². The highest BCUT2D eigenvalue weighted by Crippen LogP contribution is 2.27. The third kappa shape index (κ3) is 2.52. The van der Waals surface area contributed by atoms with Crippen LogP contribution in [0, 0.1) is 10.1 Å². The zero-order valence-electron chi connectivity index (χ0n) is 7.60. The maximum Gasteiger partial charge on any atom is 0.283 e. The summed E-state index contributed by atoms with van der Waals surface area (Å²) in [7, 11) is -2.30. The molecule has 0 fully saturated rings. The number of nitrogens with one attached hydrogen (secondary N) is 1. The third-order valence-electron chi connectivity index (χ3n) is 1.69. The number of benzene rings is 1. The van der Waals surface area contributed by atoms with Crippen molar-refractivity contribution in [3.05, 3.63) is 32.8 Å². The van der Waals surface area contributed by atoms with Crippen molar-refractivity contribution < 1.29 is 13.3 Å². The van der Waals surface area contributed by atoms with Gasteiger partial charge in [0, 0.05) is 6.07 Å². The molecule has 0 atom stereocenters. The van der Waals surface area contributed by atoms with Crippen molar-refractivity contribution in [2.75, 3.05) is 7.05 Å². The highest BCUT2D eigenvalue weighted by Gasteiger charge is 2.17. The molecule has 0 bridgehead atoms. The second-order valence-corrected chi connectivity index (χ2v) is 5.32. The smallest absolute Gasteiger partial charge is 0.258 e. The van der Waals surface area contributed by atoms with E-state index in [0.717, 1.165) is 6.07 Å². The summed E-state index contributed by atoms with van der Waals surface area (Å²) in [6.45, 7) is 0. The third-order valence-corrected chi connectivity index (χ3v) is 3.74. The van der Waals surface area contributed by atoms with Gasteiger partial charge in [0.1, 0.15) is 0 Å². The van der Waals surface area contributed by atoms with Crippen molar-refractivity contribution in [3.8, 4) is 0 Å². The number of halogens is 1. The Morgan fingerprint density at radius 2 is 2.07 bits per heavy atom. The van der Waals surface area contributed by atoms with E-state index in [1.807, 2.05) is 0 Å². The molecule has 0 aliphatic carbocycles. The number of hydrogen-bond acceptors (Lipinski definition) is 4. The summed E-state index contributed by atoms with van der Waals surface area (Å²) < 4.78 is 24.9. The van der Waals surface area contributed by atoms with Gasteiger partial charge in [-0.2, -0.15) is 0 Å². The zero-order valence-corrected chi connectivity index (χ0v) is 10.0. The van der Waals surface area contributed by atoms with Crippen molar-refractivity contribution in [2.24, 2.45) is 0 Å². The van der Waals surface area contributed by atoms with E-state index >= 15 is 0 Å². The van der Waals surface area contributed by atoms with Gasteiger partial charge in [-0.05, 0) is 35.1 Å². The van der Waals surface area contributed by atoms with E-state index in [1.165, 1.54) is 19.2 Å². The predicted octanol–water partition coefficient (Wildman–Crippen LogP) is 1.27. The standard InChI is InChI=1S/C7H7BrN2O4S/c1-9-15(13,14)5-2-3-7(10(11)12)6(8)4-5/h2-4,9H,1H3. The number of nitro benzene ring substituents is 1. The molecule has 0 amide bonds. The molecule has 1 N–H and O–H groups in total. The summed E-state index contributed by atoms with van der Waals surface area (Å²) in [6.07, 6.45) is 0. The van der Waals surface area contributed by atoms with E-state index in [1.54, 1.807) is 0 Å². The molecule has 0 heterocycles. The molecular weight excluding hydrogens is 288 g/mol. The van der Waals surface area contributed by atoms with E-state index in [4.69, 9.17) is 0 Å². The lowest BCUT2D eigenvalue weighted by atomic mass is 10.3. The second-order valence-electron chi connectivity index (χ2n) is 2.58. The molecule has 6 nitrogen and oxygen atoms in total. The van der Waals surface area contributed by atoms with Crippen molar-refractivity contribution in [1.29, 1.82) is 0 Å². The number of sulfonamides is 1. The van der Waals surface area contributed by atoms with Crippen LogP contribution in [0.15, 0.2) is 27.6 Å². The average molecular weight is 295 g/mol. The maximum atomic E-state index is 11.3. The number of rotatable bonds is 3. The van der Waals surface area contributed by atoms with E-state index in [0.29, 0.717) is 0 Å². The molecule has 82 valence electrons. The topological polar surface area (TPSA) is 89.3 Å². The molecular formula is C7H7BrN2O4S. The van der Waals surface area contributed by atoms with Gasteiger partial charge in [0.25, 0.3) is 5.69 Å². The van der Waals surface area contributed by atoms with Gasteiger partial charge in [0.2, 0.25) is 10.0 Å². The first kappa shape index (κ1) is 12.1. The van der Waals surface area contributed by atoms with Gasteiger partial charge in [0.15, 0.2) is 0 Å². The van der Waals surface area contributed by atoms with Crippen LogP contribution in [0.5, 0.6) is 0 Å². The van der Waals surface area contributed by atoms with Gasteiger partial charge in [-0.25, -0.2) is 13.1 Å². The summed E-state index contributed by atoms with van der Waals surface area (Å²) >= 11 is 2.94. The summed E-state index contributed by atoms with van der Waals surface area (Å²) in [5.41, 5.74) is -0.176. The van der Waals surface area contributed by atoms with E-state index in [-0.39, 0.29) is 15.1 Å². The quantitative estimate of drug-likeness (QED) is 0.671. The Kier molecular flexibility index (Phi) is 3.42. The molecule has 1 aromatic rings. The van der Waals surface area contributed by atoms with Crippen LogP contribution in [-0.2, 0) is 10.0 Å². The lowest BCUT2D eigenvalue weighted by Crippen LogP contribution is -2.18. The SMILES string of the molecule is CNS(=O)(=O)c1ccc([N+](=O)[O-])c(Br)c1. The zero-order chi connectivity index (χ0) is 11.6. The van der Waals surface area contributed by atoms with Crippen LogP contribution in [0.1, 0.15) is 0 Å². The molecule has 0 saturated carbocycles. The van der Waals surface area contributed by atoms with Crippen LogP contribution in [0.3, 0.4) is 0 Å². The Morgan fingerprint density at radius 1 is 1.47 bits per heavy atom. The Hall–Kier alpha value is -0.990. The van der Waals surface area contributed by atoms with Gasteiger partial charge in [-0.3, -0.25) is 10.1 Å². The maximum absolute atomic E-state index is 11.3. The first-order valence-electron chi connectivity index (χ1n) is 3.76. The second kappa shape index (κ2) is 4.25. The highest BCUT2D eigenvalue weighted by molar-refractivity contribution is 9.10. The largest absolute Gasteiger partial charge is 0.283 e. The van der Waals surface area contributed by atoms with Crippen LogP contribution in [-0.4, -0.2) is 20.4 Å². The van der Waals surface area contributed by atoms with Crippen LogP contribution in [0.25, 0.3) is 0 Å². The average Bonchev–Trinajstić information content (AvgIpc) is 2.17. The Bertz CT molecular complexity index is 500. The summed E-state index contributed by atoms with van der Waals surface area (Å²) in [5.74, 6) is 0. The Labute approximate surface area is 94.6 Å². The minimum Gasteiger partial charge on any atom is -0.258 e. The minimum absolute atomic E-state index is 0.0255. The van der Waals surface area contributed by atoms with E-state index in [9.17, 15) is 18.5 Å². The fraction of sp³-hybridized carbons (Fsp3) is 0.143. The minimum atomic E-state index is -3.57. The van der Waals surface area contributed by atoms with Gasteiger partial charge in [-0.15, -0.1) is 0 Å². The highest BCUT2D eigenvalue weighted by atomic mass is 79.9. The molecule has 0 saturated heterocycles.